The van der Waals surface area contributed by atoms with Crippen LogP contribution in [0.1, 0.15) is 37.7 Å². The highest BCUT2D eigenvalue weighted by atomic mass is 16.5. The number of aryl methyl sites for hydroxylation is 1. The summed E-state index contributed by atoms with van der Waals surface area (Å²) < 4.78 is 5.88. The Morgan fingerprint density at radius 1 is 1.12 bits per heavy atom. The molecule has 25 heavy (non-hydrogen) atoms. The molecule has 0 bridgehead atoms. The molecule has 1 saturated carbocycles. The van der Waals surface area contributed by atoms with Gasteiger partial charge in [-0.25, -0.2) is 4.79 Å². The molecule has 0 radical (unpaired) electrons. The van der Waals surface area contributed by atoms with Crippen molar-refractivity contribution < 1.29 is 9.53 Å². The van der Waals surface area contributed by atoms with E-state index in [4.69, 9.17) is 4.74 Å². The Balaban J connectivity index is 1.34. The molecule has 1 heterocycles. The number of nitrogens with zero attached hydrogens (tertiary/aromatic N) is 2. The Hall–Kier alpha value is -1.75. The average molecular weight is 345 g/mol. The molecule has 1 aromatic rings. The number of hydrogen-bond acceptors (Lipinski definition) is 3. The van der Waals surface area contributed by atoms with E-state index in [0.29, 0.717) is 12.6 Å². The number of ether oxygens (including phenoxy) is 1. The molecule has 0 unspecified atom stereocenters. The molecule has 1 aliphatic carbocycles. The van der Waals surface area contributed by atoms with Gasteiger partial charge in [-0.2, -0.15) is 0 Å². The van der Waals surface area contributed by atoms with Gasteiger partial charge >= 0.3 is 6.03 Å². The summed E-state index contributed by atoms with van der Waals surface area (Å²) in [6, 6.07) is 8.64. The Morgan fingerprint density at radius 2 is 1.84 bits per heavy atom. The van der Waals surface area contributed by atoms with Crippen LogP contribution in [-0.2, 0) is 0 Å². The molecule has 0 atom stereocenters. The van der Waals surface area contributed by atoms with Crippen molar-refractivity contribution in [1.82, 2.24) is 15.1 Å². The fraction of sp³-hybridized carbons (Fsp3) is 0.650. The number of nitrogens with one attached hydrogen (secondary N) is 1. The van der Waals surface area contributed by atoms with Gasteiger partial charge in [0.2, 0.25) is 0 Å². The number of carbonyl (C=O) groups is 1. The van der Waals surface area contributed by atoms with E-state index < -0.39 is 0 Å². The van der Waals surface area contributed by atoms with Gasteiger partial charge in [-0.3, -0.25) is 4.90 Å². The normalized spacial score (nSPS) is 19.6. The predicted octanol–water partition coefficient (Wildman–Crippen LogP) is 3.03. The average Bonchev–Trinajstić information content (AvgIpc) is 2.65. The van der Waals surface area contributed by atoms with Crippen LogP contribution in [-0.4, -0.2) is 61.2 Å². The molecule has 138 valence electrons. The number of hydrogen-bond donors (Lipinski definition) is 1. The van der Waals surface area contributed by atoms with Gasteiger partial charge in [0, 0.05) is 38.8 Å². The molecule has 5 nitrogen and oxygen atoms in total. The van der Waals surface area contributed by atoms with Gasteiger partial charge in [0.25, 0.3) is 0 Å². The molecule has 2 fully saturated rings. The van der Waals surface area contributed by atoms with Crippen LogP contribution in [0.25, 0.3) is 0 Å². The lowest BCUT2D eigenvalue weighted by atomic mass is 9.96. The van der Waals surface area contributed by atoms with E-state index in [1.807, 2.05) is 23.1 Å². The lowest BCUT2D eigenvalue weighted by molar-refractivity contribution is 0.123. The fourth-order valence-corrected chi connectivity index (χ4v) is 3.69. The maximum Gasteiger partial charge on any atom is 0.317 e. The Kier molecular flexibility index (Phi) is 6.56. The Morgan fingerprint density at radius 3 is 2.56 bits per heavy atom. The van der Waals surface area contributed by atoms with Crippen molar-refractivity contribution in [3.05, 3.63) is 29.8 Å². The summed E-state index contributed by atoms with van der Waals surface area (Å²) >= 11 is 0. The van der Waals surface area contributed by atoms with Crippen LogP contribution in [0.4, 0.5) is 4.79 Å². The first-order valence-electron chi connectivity index (χ1n) is 9.68. The topological polar surface area (TPSA) is 44.8 Å². The zero-order valence-electron chi connectivity index (χ0n) is 15.4. The first kappa shape index (κ1) is 18.1. The summed E-state index contributed by atoms with van der Waals surface area (Å²) in [5.74, 6) is 0.966. The summed E-state index contributed by atoms with van der Waals surface area (Å²) in [5.41, 5.74) is 1.17. The fourth-order valence-electron chi connectivity index (χ4n) is 3.69. The number of piperazine rings is 1. The van der Waals surface area contributed by atoms with Gasteiger partial charge in [0.1, 0.15) is 12.4 Å². The van der Waals surface area contributed by atoms with Crippen LogP contribution in [0.15, 0.2) is 24.3 Å². The second-order valence-electron chi connectivity index (χ2n) is 7.23. The van der Waals surface area contributed by atoms with Gasteiger partial charge < -0.3 is 15.0 Å². The van der Waals surface area contributed by atoms with E-state index in [2.05, 4.69) is 23.2 Å². The van der Waals surface area contributed by atoms with Crippen molar-refractivity contribution >= 4 is 6.03 Å². The summed E-state index contributed by atoms with van der Waals surface area (Å²) in [6.45, 7) is 7.14. The molecular formula is C20H31N3O2. The first-order chi connectivity index (χ1) is 12.2. The maximum absolute atomic E-state index is 12.4. The molecular weight excluding hydrogens is 314 g/mol. The standard InChI is InChI=1S/C20H31N3O2/c1-17-7-5-6-10-19(17)25-16-15-22-11-13-23(14-12-22)20(24)21-18-8-3-2-4-9-18/h5-7,10,18H,2-4,8-9,11-16H2,1H3,(H,21,24). The van der Waals surface area contributed by atoms with Gasteiger partial charge in [-0.1, -0.05) is 37.5 Å². The second-order valence-corrected chi connectivity index (χ2v) is 7.23. The van der Waals surface area contributed by atoms with E-state index in [9.17, 15) is 4.79 Å². The molecule has 3 rings (SSSR count). The van der Waals surface area contributed by atoms with Crippen LogP contribution in [0.5, 0.6) is 5.75 Å². The third kappa shape index (κ3) is 5.36. The van der Waals surface area contributed by atoms with Crippen LogP contribution in [0, 0.1) is 6.92 Å². The Bertz CT molecular complexity index is 550. The van der Waals surface area contributed by atoms with E-state index in [0.717, 1.165) is 51.3 Å². The summed E-state index contributed by atoms with van der Waals surface area (Å²) in [5, 5.41) is 3.22. The van der Waals surface area contributed by atoms with E-state index in [-0.39, 0.29) is 6.03 Å². The predicted molar refractivity (Wildman–Crippen MR) is 100 cm³/mol. The van der Waals surface area contributed by atoms with Crippen LogP contribution >= 0.6 is 0 Å². The lowest BCUT2D eigenvalue weighted by Gasteiger charge is -2.36. The van der Waals surface area contributed by atoms with Crippen molar-refractivity contribution in [3.8, 4) is 5.75 Å². The number of carbonyl (C=O) groups excluding carboxylic acids is 1. The van der Waals surface area contributed by atoms with Gasteiger partial charge in [-0.15, -0.1) is 0 Å². The highest BCUT2D eigenvalue weighted by Gasteiger charge is 2.23. The van der Waals surface area contributed by atoms with Crippen LogP contribution < -0.4 is 10.1 Å². The molecule has 2 amide bonds. The SMILES string of the molecule is Cc1ccccc1OCCN1CCN(C(=O)NC2CCCCC2)CC1. The maximum atomic E-state index is 12.4. The number of benzene rings is 1. The summed E-state index contributed by atoms with van der Waals surface area (Å²) in [4.78, 5) is 16.7. The van der Waals surface area contributed by atoms with Gasteiger partial charge in [-0.05, 0) is 31.4 Å². The molecule has 1 aromatic carbocycles. The monoisotopic (exact) mass is 345 g/mol. The van der Waals surface area contributed by atoms with Gasteiger partial charge in [0.05, 0.1) is 0 Å². The van der Waals surface area contributed by atoms with E-state index in [1.165, 1.54) is 24.8 Å². The minimum Gasteiger partial charge on any atom is -0.492 e. The lowest BCUT2D eigenvalue weighted by Crippen LogP contribution is -2.54. The summed E-state index contributed by atoms with van der Waals surface area (Å²) in [7, 11) is 0. The van der Waals surface area contributed by atoms with Crippen molar-refractivity contribution in [2.24, 2.45) is 0 Å². The van der Waals surface area contributed by atoms with Gasteiger partial charge in [0.15, 0.2) is 0 Å². The van der Waals surface area contributed by atoms with Crippen molar-refractivity contribution in [2.45, 2.75) is 45.1 Å². The van der Waals surface area contributed by atoms with E-state index >= 15 is 0 Å². The molecule has 2 aliphatic rings. The van der Waals surface area contributed by atoms with Crippen molar-refractivity contribution in [1.29, 1.82) is 0 Å². The Labute approximate surface area is 151 Å². The number of rotatable bonds is 5. The quantitative estimate of drug-likeness (QED) is 0.892. The minimum atomic E-state index is 0.128. The van der Waals surface area contributed by atoms with Crippen LogP contribution in [0.3, 0.4) is 0 Å². The highest BCUT2D eigenvalue weighted by Crippen LogP contribution is 2.18. The number of amides is 2. The zero-order chi connectivity index (χ0) is 17.5. The number of urea groups is 1. The van der Waals surface area contributed by atoms with Crippen LogP contribution in [0.2, 0.25) is 0 Å². The molecule has 1 aliphatic heterocycles. The summed E-state index contributed by atoms with van der Waals surface area (Å²) in [6.07, 6.45) is 6.10. The molecule has 5 heteroatoms. The smallest absolute Gasteiger partial charge is 0.317 e. The largest absolute Gasteiger partial charge is 0.492 e. The van der Waals surface area contributed by atoms with Crippen molar-refractivity contribution in [3.63, 3.8) is 0 Å². The van der Waals surface area contributed by atoms with Crippen molar-refractivity contribution in [2.75, 3.05) is 39.3 Å². The minimum absolute atomic E-state index is 0.128. The highest BCUT2D eigenvalue weighted by molar-refractivity contribution is 5.74. The molecule has 0 spiro atoms. The molecule has 1 saturated heterocycles. The van der Waals surface area contributed by atoms with E-state index in [1.54, 1.807) is 0 Å². The third-order valence-electron chi connectivity index (χ3n) is 5.35. The molecule has 1 N–H and O–H groups in total. The molecule has 0 aromatic heterocycles. The first-order valence-corrected chi connectivity index (χ1v) is 9.68. The zero-order valence-corrected chi connectivity index (χ0v) is 15.4. The number of para-hydroxylation sites is 1. The third-order valence-corrected chi connectivity index (χ3v) is 5.35. The second kappa shape index (κ2) is 9.09.